The molecule has 1 aromatic rings. The molecule has 0 saturated carbocycles. The molecule has 0 radical (unpaired) electrons. The molecule has 28 heavy (non-hydrogen) atoms. The average Bonchev–Trinajstić information content (AvgIpc) is 2.81. The first-order valence-electron chi connectivity index (χ1n) is 8.49. The number of sulfone groups is 1. The van der Waals surface area contributed by atoms with Crippen LogP contribution < -0.4 is 0 Å². The second-order valence-corrected chi connectivity index (χ2v) is 8.05. The van der Waals surface area contributed by atoms with Crippen molar-refractivity contribution in [3.05, 3.63) is 69.4 Å². The van der Waals surface area contributed by atoms with Gasteiger partial charge < -0.3 is 15.7 Å². The molecule has 156 valence electrons. The number of rotatable bonds is 2. The Kier molecular flexibility index (Phi) is 7.78. The van der Waals surface area contributed by atoms with E-state index < -0.39 is 50.3 Å². The van der Waals surface area contributed by atoms with Gasteiger partial charge in [0.05, 0.1) is 10.5 Å². The quantitative estimate of drug-likeness (QED) is 0.717. The zero-order valence-electron chi connectivity index (χ0n) is 15.6. The molecule has 2 aliphatic rings. The lowest BCUT2D eigenvalue weighted by Gasteiger charge is -2.23. The van der Waals surface area contributed by atoms with E-state index in [0.717, 1.165) is 6.92 Å². The van der Waals surface area contributed by atoms with E-state index >= 15 is 0 Å². The van der Waals surface area contributed by atoms with E-state index in [9.17, 15) is 31.8 Å². The van der Waals surface area contributed by atoms with Gasteiger partial charge in [-0.05, 0) is 31.1 Å². The van der Waals surface area contributed by atoms with Crippen LogP contribution in [0.5, 0.6) is 0 Å². The van der Waals surface area contributed by atoms with Crippen molar-refractivity contribution in [3.63, 3.8) is 0 Å². The Morgan fingerprint density at radius 3 is 2.29 bits per heavy atom. The highest BCUT2D eigenvalue weighted by Gasteiger charge is 2.50. The molecule has 1 aliphatic heterocycles. The van der Waals surface area contributed by atoms with Crippen LogP contribution in [0.1, 0.15) is 37.5 Å². The summed E-state index contributed by atoms with van der Waals surface area (Å²) in [4.78, 5) is -0.216. The highest BCUT2D eigenvalue weighted by atomic mass is 32.2. The number of aliphatic hydroxyl groups is 2. The smallest absolute Gasteiger partial charge is 0.187 e. The second-order valence-electron chi connectivity index (χ2n) is 5.98. The molecule has 1 aliphatic carbocycles. The minimum absolute atomic E-state index is 0. The molecular weight excluding hydrogens is 397 g/mol. The molecule has 3 unspecified atom stereocenters. The molecule has 1 aromatic carbocycles. The van der Waals surface area contributed by atoms with Crippen LogP contribution in [0.2, 0.25) is 0 Å². The van der Waals surface area contributed by atoms with E-state index in [1.165, 1.54) is 12.2 Å². The summed E-state index contributed by atoms with van der Waals surface area (Å²) in [6, 6.07) is 0.610. The van der Waals surface area contributed by atoms with Crippen molar-refractivity contribution in [2.45, 2.75) is 44.6 Å². The maximum absolute atomic E-state index is 14.3. The molecule has 4 N–H and O–H groups in total. The molecule has 0 amide bonds. The highest BCUT2D eigenvalue weighted by Crippen LogP contribution is 2.42. The van der Waals surface area contributed by atoms with Gasteiger partial charge in [0, 0.05) is 5.57 Å². The van der Waals surface area contributed by atoms with Crippen LogP contribution in [0.4, 0.5) is 13.2 Å². The standard InChI is InChI=1S/C17H15F3O4S.C2H6.H2O/c1-8-7-10(18)14(20)12(13(8)19)16(22)17-15(21)9-5-3-2-4-6-11(9)25(17,23)24;1-2;/h3-7,15-17,21-22H,2H2,1H3;1-2H3;1H2. The maximum Gasteiger partial charge on any atom is 0.187 e. The first-order valence-corrected chi connectivity index (χ1v) is 10.0. The average molecular weight is 420 g/mol. The minimum Gasteiger partial charge on any atom is -0.412 e. The van der Waals surface area contributed by atoms with Crippen LogP contribution in [0.15, 0.2) is 40.8 Å². The van der Waals surface area contributed by atoms with Crippen molar-refractivity contribution in [2.24, 2.45) is 0 Å². The Morgan fingerprint density at radius 1 is 1.11 bits per heavy atom. The molecule has 3 atom stereocenters. The maximum atomic E-state index is 14.3. The number of hydrogen-bond acceptors (Lipinski definition) is 4. The number of halogens is 3. The van der Waals surface area contributed by atoms with Crippen molar-refractivity contribution in [1.82, 2.24) is 0 Å². The van der Waals surface area contributed by atoms with E-state index in [2.05, 4.69) is 0 Å². The normalized spacial score (nSPS) is 23.3. The molecule has 0 bridgehead atoms. The summed E-state index contributed by atoms with van der Waals surface area (Å²) in [6.45, 7) is 5.16. The molecule has 1 heterocycles. The SMILES string of the molecule is CC.Cc1cc(F)c(F)c(C(O)C2C(O)C3=C(C=CCC=C3)S2(=O)=O)c1F.O. The van der Waals surface area contributed by atoms with Gasteiger partial charge in [-0.15, -0.1) is 0 Å². The lowest BCUT2D eigenvalue weighted by molar-refractivity contribution is 0.102. The monoisotopic (exact) mass is 420 g/mol. The minimum atomic E-state index is -4.28. The lowest BCUT2D eigenvalue weighted by atomic mass is 9.96. The largest absolute Gasteiger partial charge is 0.412 e. The van der Waals surface area contributed by atoms with Crippen LogP contribution in [0.3, 0.4) is 0 Å². The van der Waals surface area contributed by atoms with Crippen molar-refractivity contribution < 1.29 is 37.3 Å². The van der Waals surface area contributed by atoms with E-state index in [-0.39, 0.29) is 21.5 Å². The van der Waals surface area contributed by atoms with Crippen molar-refractivity contribution in [2.75, 3.05) is 0 Å². The zero-order chi connectivity index (χ0) is 20.5. The predicted octanol–water partition coefficient (Wildman–Crippen LogP) is 2.58. The number of aryl methyl sites for hydroxylation is 1. The third-order valence-corrected chi connectivity index (χ3v) is 6.61. The van der Waals surface area contributed by atoms with Gasteiger partial charge in [-0.3, -0.25) is 0 Å². The summed E-state index contributed by atoms with van der Waals surface area (Å²) >= 11 is 0. The van der Waals surface area contributed by atoms with E-state index in [1.54, 1.807) is 12.2 Å². The first kappa shape index (κ1) is 24.1. The van der Waals surface area contributed by atoms with Gasteiger partial charge >= 0.3 is 0 Å². The van der Waals surface area contributed by atoms with Crippen LogP contribution in [0, 0.1) is 24.4 Å². The number of allylic oxidation sites excluding steroid dienone is 3. The van der Waals surface area contributed by atoms with Gasteiger partial charge in [-0.1, -0.05) is 32.1 Å². The van der Waals surface area contributed by atoms with Gasteiger partial charge in [0.1, 0.15) is 23.3 Å². The van der Waals surface area contributed by atoms with Crippen LogP contribution >= 0.6 is 0 Å². The topological polar surface area (TPSA) is 106 Å². The van der Waals surface area contributed by atoms with Gasteiger partial charge in [-0.25, -0.2) is 21.6 Å². The Balaban J connectivity index is 0.00000127. The molecule has 3 rings (SSSR count). The third-order valence-electron chi connectivity index (χ3n) is 4.40. The molecular formula is C19H23F3O5S. The molecule has 5 nitrogen and oxygen atoms in total. The van der Waals surface area contributed by atoms with E-state index in [1.807, 2.05) is 13.8 Å². The van der Waals surface area contributed by atoms with Crippen molar-refractivity contribution >= 4 is 9.84 Å². The Labute approximate surface area is 161 Å². The number of aliphatic hydroxyl groups excluding tert-OH is 2. The fourth-order valence-electron chi connectivity index (χ4n) is 3.14. The van der Waals surface area contributed by atoms with E-state index in [4.69, 9.17) is 0 Å². The zero-order valence-corrected chi connectivity index (χ0v) is 16.4. The summed E-state index contributed by atoms with van der Waals surface area (Å²) in [5.74, 6) is -4.33. The summed E-state index contributed by atoms with van der Waals surface area (Å²) in [5.41, 5.74) is -1.35. The molecule has 9 heteroatoms. The Bertz CT molecular complexity index is 909. The third kappa shape index (κ3) is 3.80. The first-order chi connectivity index (χ1) is 12.7. The van der Waals surface area contributed by atoms with Crippen LogP contribution in [0.25, 0.3) is 0 Å². The van der Waals surface area contributed by atoms with Crippen LogP contribution in [-0.4, -0.2) is 35.5 Å². The van der Waals surface area contributed by atoms with Crippen molar-refractivity contribution in [3.8, 4) is 0 Å². The predicted molar refractivity (Wildman–Crippen MR) is 99.6 cm³/mol. The lowest BCUT2D eigenvalue weighted by Crippen LogP contribution is -2.36. The van der Waals surface area contributed by atoms with Crippen molar-refractivity contribution in [1.29, 1.82) is 0 Å². The number of hydrogen-bond donors (Lipinski definition) is 2. The molecule has 0 spiro atoms. The van der Waals surface area contributed by atoms with E-state index in [0.29, 0.717) is 12.5 Å². The molecule has 0 fully saturated rings. The van der Waals surface area contributed by atoms with Gasteiger partial charge in [0.15, 0.2) is 21.5 Å². The second kappa shape index (κ2) is 9.04. The van der Waals surface area contributed by atoms with Gasteiger partial charge in [0.2, 0.25) is 0 Å². The highest BCUT2D eigenvalue weighted by molar-refractivity contribution is 7.96. The number of benzene rings is 1. The van der Waals surface area contributed by atoms with Crippen LogP contribution in [-0.2, 0) is 9.84 Å². The Hall–Kier alpha value is -1.94. The summed E-state index contributed by atoms with van der Waals surface area (Å²) in [6.07, 6.45) is 2.32. The van der Waals surface area contributed by atoms with Gasteiger partial charge in [0.25, 0.3) is 0 Å². The van der Waals surface area contributed by atoms with Gasteiger partial charge in [-0.2, -0.15) is 0 Å². The summed E-state index contributed by atoms with van der Waals surface area (Å²) in [5, 5.41) is 18.8. The fourth-order valence-corrected chi connectivity index (χ4v) is 5.20. The summed E-state index contributed by atoms with van der Waals surface area (Å²) < 4.78 is 67.3. The Morgan fingerprint density at radius 2 is 1.68 bits per heavy atom. The molecule has 0 aromatic heterocycles. The fraction of sp³-hybridized carbons (Fsp3) is 0.368. The summed E-state index contributed by atoms with van der Waals surface area (Å²) in [7, 11) is -4.28. The molecule has 0 saturated heterocycles.